The summed E-state index contributed by atoms with van der Waals surface area (Å²) < 4.78 is 0. The third kappa shape index (κ3) is 4.18. The summed E-state index contributed by atoms with van der Waals surface area (Å²) in [6, 6.07) is 17.8. The zero-order valence-electron chi connectivity index (χ0n) is 13.9. The van der Waals surface area contributed by atoms with Gasteiger partial charge in [0.2, 0.25) is 0 Å². The van der Waals surface area contributed by atoms with Gasteiger partial charge in [-0.05, 0) is 36.0 Å². The Balaban J connectivity index is 2.19. The van der Waals surface area contributed by atoms with E-state index >= 15 is 0 Å². The van der Waals surface area contributed by atoms with Crippen LogP contribution in [0.5, 0.6) is 0 Å². The maximum absolute atomic E-state index is 3.76. The molecule has 0 heterocycles. The third-order valence-corrected chi connectivity index (χ3v) is 4.00. The summed E-state index contributed by atoms with van der Waals surface area (Å²) in [6.07, 6.45) is 0. The first-order valence-electron chi connectivity index (χ1n) is 7.72. The van der Waals surface area contributed by atoms with Crippen LogP contribution in [-0.2, 0) is 6.54 Å². The number of hydrogen-bond acceptors (Lipinski definition) is 1. The second-order valence-corrected chi connectivity index (χ2v) is 7.02. The van der Waals surface area contributed by atoms with Gasteiger partial charge in [0.25, 0.3) is 0 Å². The van der Waals surface area contributed by atoms with Gasteiger partial charge in [-0.1, -0.05) is 74.9 Å². The van der Waals surface area contributed by atoms with Gasteiger partial charge in [0.1, 0.15) is 0 Å². The molecule has 0 aromatic heterocycles. The van der Waals surface area contributed by atoms with Gasteiger partial charge in [-0.3, -0.25) is 0 Å². The van der Waals surface area contributed by atoms with Crippen LogP contribution in [0.4, 0.5) is 0 Å². The highest BCUT2D eigenvalue weighted by atomic mass is 14.9. The van der Waals surface area contributed by atoms with Gasteiger partial charge in [-0.25, -0.2) is 0 Å². The quantitative estimate of drug-likeness (QED) is 0.814. The van der Waals surface area contributed by atoms with Crippen LogP contribution in [0.25, 0.3) is 0 Å². The number of rotatable bonds is 4. The Hall–Kier alpha value is -1.60. The largest absolute Gasteiger partial charge is 0.305 e. The molecule has 1 nitrogen and oxygen atoms in total. The van der Waals surface area contributed by atoms with Crippen LogP contribution in [-0.4, -0.2) is 0 Å². The number of nitrogens with one attached hydrogen (secondary N) is 1. The van der Waals surface area contributed by atoms with Crippen LogP contribution in [0.15, 0.2) is 48.5 Å². The molecule has 0 aliphatic carbocycles. The fourth-order valence-electron chi connectivity index (χ4n) is 2.77. The SMILES string of the molecule is Cc1ccc(C)c(CNC(c2ccccc2)C(C)(C)C)c1. The number of aryl methyl sites for hydroxylation is 2. The molecule has 0 aliphatic rings. The highest BCUT2D eigenvalue weighted by molar-refractivity contribution is 5.31. The maximum Gasteiger partial charge on any atom is 0.0372 e. The molecule has 0 spiro atoms. The van der Waals surface area contributed by atoms with Crippen molar-refractivity contribution in [1.29, 1.82) is 0 Å². The van der Waals surface area contributed by atoms with E-state index in [-0.39, 0.29) is 5.41 Å². The predicted molar refractivity (Wildman–Crippen MR) is 91.4 cm³/mol. The molecule has 2 aromatic carbocycles. The van der Waals surface area contributed by atoms with Gasteiger partial charge in [-0.2, -0.15) is 0 Å². The molecule has 1 N–H and O–H groups in total. The van der Waals surface area contributed by atoms with Crippen molar-refractivity contribution < 1.29 is 0 Å². The maximum atomic E-state index is 3.76. The molecule has 2 rings (SSSR count). The van der Waals surface area contributed by atoms with Crippen molar-refractivity contribution in [1.82, 2.24) is 5.32 Å². The Morgan fingerprint density at radius 2 is 1.62 bits per heavy atom. The van der Waals surface area contributed by atoms with E-state index in [2.05, 4.69) is 88.5 Å². The van der Waals surface area contributed by atoms with Crippen molar-refractivity contribution >= 4 is 0 Å². The van der Waals surface area contributed by atoms with Crippen molar-refractivity contribution in [3.05, 3.63) is 70.8 Å². The van der Waals surface area contributed by atoms with Crippen molar-refractivity contribution in [2.24, 2.45) is 5.41 Å². The first kappa shape index (κ1) is 15.8. The molecule has 0 aliphatic heterocycles. The molecular weight excluding hydrogens is 254 g/mol. The lowest BCUT2D eigenvalue weighted by Gasteiger charge is -2.32. The minimum absolute atomic E-state index is 0.180. The fourth-order valence-corrected chi connectivity index (χ4v) is 2.77. The van der Waals surface area contributed by atoms with Crippen LogP contribution in [0, 0.1) is 19.3 Å². The Labute approximate surface area is 129 Å². The molecule has 1 atom stereocenters. The van der Waals surface area contributed by atoms with E-state index < -0.39 is 0 Å². The Morgan fingerprint density at radius 1 is 0.952 bits per heavy atom. The predicted octanol–water partition coefficient (Wildman–Crippen LogP) is 5.18. The van der Waals surface area contributed by atoms with Crippen molar-refractivity contribution in [3.8, 4) is 0 Å². The summed E-state index contributed by atoms with van der Waals surface area (Å²) >= 11 is 0. The Bertz CT molecular complexity index is 579. The van der Waals surface area contributed by atoms with Crippen molar-refractivity contribution in [2.75, 3.05) is 0 Å². The monoisotopic (exact) mass is 281 g/mol. The van der Waals surface area contributed by atoms with Gasteiger partial charge in [0.05, 0.1) is 0 Å². The molecule has 0 saturated carbocycles. The summed E-state index contributed by atoms with van der Waals surface area (Å²) in [6.45, 7) is 12.1. The van der Waals surface area contributed by atoms with E-state index in [0.717, 1.165) is 6.54 Å². The molecule has 0 radical (unpaired) electrons. The van der Waals surface area contributed by atoms with Crippen molar-refractivity contribution in [2.45, 2.75) is 47.2 Å². The zero-order chi connectivity index (χ0) is 15.5. The van der Waals surface area contributed by atoms with E-state index in [1.165, 1.54) is 22.3 Å². The van der Waals surface area contributed by atoms with E-state index in [0.29, 0.717) is 6.04 Å². The van der Waals surface area contributed by atoms with Crippen LogP contribution >= 0.6 is 0 Å². The first-order valence-corrected chi connectivity index (χ1v) is 7.72. The molecule has 2 aromatic rings. The van der Waals surface area contributed by atoms with Crippen LogP contribution < -0.4 is 5.32 Å². The molecule has 21 heavy (non-hydrogen) atoms. The summed E-state index contributed by atoms with van der Waals surface area (Å²) in [5, 5.41) is 3.76. The summed E-state index contributed by atoms with van der Waals surface area (Å²) in [4.78, 5) is 0. The van der Waals surface area contributed by atoms with E-state index in [1.807, 2.05) is 0 Å². The summed E-state index contributed by atoms with van der Waals surface area (Å²) in [7, 11) is 0. The Kier molecular flexibility index (Phi) is 4.84. The molecule has 0 bridgehead atoms. The highest BCUT2D eigenvalue weighted by Crippen LogP contribution is 2.33. The number of benzene rings is 2. The molecule has 1 unspecified atom stereocenters. The first-order chi connectivity index (χ1) is 9.88. The summed E-state index contributed by atoms with van der Waals surface area (Å²) in [5.74, 6) is 0. The molecule has 0 amide bonds. The van der Waals surface area contributed by atoms with Gasteiger partial charge >= 0.3 is 0 Å². The molecule has 0 fully saturated rings. The topological polar surface area (TPSA) is 12.0 Å². The average Bonchev–Trinajstić information content (AvgIpc) is 2.42. The van der Waals surface area contributed by atoms with Gasteiger partial charge < -0.3 is 5.32 Å². The normalized spacial score (nSPS) is 13.2. The van der Waals surface area contributed by atoms with Gasteiger partial charge in [-0.15, -0.1) is 0 Å². The van der Waals surface area contributed by atoms with E-state index in [4.69, 9.17) is 0 Å². The van der Waals surface area contributed by atoms with Crippen LogP contribution in [0.2, 0.25) is 0 Å². The molecule has 112 valence electrons. The second kappa shape index (κ2) is 6.44. The average molecular weight is 281 g/mol. The van der Waals surface area contributed by atoms with Crippen molar-refractivity contribution in [3.63, 3.8) is 0 Å². The lowest BCUT2D eigenvalue weighted by atomic mass is 9.82. The third-order valence-electron chi connectivity index (χ3n) is 4.00. The molecular formula is C20H27N. The second-order valence-electron chi connectivity index (χ2n) is 7.02. The summed E-state index contributed by atoms with van der Waals surface area (Å²) in [5.41, 5.74) is 5.60. The highest BCUT2D eigenvalue weighted by Gasteiger charge is 2.25. The minimum Gasteiger partial charge on any atom is -0.305 e. The smallest absolute Gasteiger partial charge is 0.0372 e. The van der Waals surface area contributed by atoms with Gasteiger partial charge in [0, 0.05) is 12.6 Å². The lowest BCUT2D eigenvalue weighted by Crippen LogP contribution is -2.32. The Morgan fingerprint density at radius 3 is 2.24 bits per heavy atom. The fraction of sp³-hybridized carbons (Fsp3) is 0.400. The van der Waals surface area contributed by atoms with Crippen LogP contribution in [0.3, 0.4) is 0 Å². The molecule has 1 heteroatoms. The van der Waals surface area contributed by atoms with Crippen LogP contribution in [0.1, 0.15) is 49.1 Å². The minimum atomic E-state index is 0.180. The molecule has 0 saturated heterocycles. The standard InChI is InChI=1S/C20H27N/c1-15-11-12-16(2)18(13-15)14-21-19(20(3,4)5)17-9-7-6-8-10-17/h6-13,19,21H,14H2,1-5H3. The lowest BCUT2D eigenvalue weighted by molar-refractivity contribution is 0.271. The van der Waals surface area contributed by atoms with E-state index in [9.17, 15) is 0 Å². The number of hydrogen-bond donors (Lipinski definition) is 1. The van der Waals surface area contributed by atoms with E-state index in [1.54, 1.807) is 0 Å². The zero-order valence-corrected chi connectivity index (χ0v) is 13.9. The van der Waals surface area contributed by atoms with Gasteiger partial charge in [0.15, 0.2) is 0 Å².